The molecule has 6 heteroatoms. The Morgan fingerprint density at radius 2 is 1.86 bits per heavy atom. The minimum absolute atomic E-state index is 0.305. The summed E-state index contributed by atoms with van der Waals surface area (Å²) in [5.74, 6) is 0.593. The first kappa shape index (κ1) is 17.5. The molecule has 0 saturated heterocycles. The maximum atomic E-state index is 11.7. The van der Waals surface area contributed by atoms with Gasteiger partial charge in [-0.3, -0.25) is 4.99 Å². The highest BCUT2D eigenvalue weighted by atomic mass is 32.2. The fourth-order valence-electron chi connectivity index (χ4n) is 1.64. The van der Waals surface area contributed by atoms with Crippen LogP contribution >= 0.6 is 0 Å². The third-order valence-corrected chi connectivity index (χ3v) is 5.77. The van der Waals surface area contributed by atoms with Gasteiger partial charge in [0.15, 0.2) is 15.8 Å². The molecule has 0 aliphatic carbocycles. The van der Waals surface area contributed by atoms with Crippen LogP contribution in [0.2, 0.25) is 0 Å². The minimum Gasteiger partial charge on any atom is -0.355 e. The van der Waals surface area contributed by atoms with E-state index in [4.69, 9.17) is 0 Å². The molecule has 0 bridgehead atoms. The molecule has 1 aromatic rings. The molecule has 0 spiro atoms. The fourth-order valence-corrected chi connectivity index (χ4v) is 1.97. The zero-order chi connectivity index (χ0) is 16.1. The monoisotopic (exact) mass is 311 g/mol. The molecule has 5 nitrogen and oxygen atoms in total. The summed E-state index contributed by atoms with van der Waals surface area (Å²) in [4.78, 5) is 4.12. The number of sulfone groups is 1. The molecule has 0 atom stereocenters. The minimum atomic E-state index is -3.13. The Kier molecular flexibility index (Phi) is 5.78. The van der Waals surface area contributed by atoms with Crippen LogP contribution in [0.1, 0.15) is 25.0 Å². The van der Waals surface area contributed by atoms with Gasteiger partial charge in [0, 0.05) is 26.4 Å². The Hall–Kier alpha value is -1.56. The van der Waals surface area contributed by atoms with E-state index in [1.807, 2.05) is 12.1 Å². The molecule has 0 aliphatic heterocycles. The predicted octanol–water partition coefficient (Wildman–Crippen LogP) is 1.48. The number of aliphatic imine (C=N–C) groups is 1. The highest BCUT2D eigenvalue weighted by Crippen LogP contribution is 2.13. The molecule has 0 aliphatic rings. The van der Waals surface area contributed by atoms with Gasteiger partial charge in [-0.25, -0.2) is 8.42 Å². The number of rotatable bonds is 5. The summed E-state index contributed by atoms with van der Waals surface area (Å²) in [5.41, 5.74) is 2.39. The Morgan fingerprint density at radius 3 is 2.38 bits per heavy atom. The highest BCUT2D eigenvalue weighted by molar-refractivity contribution is 7.92. The number of nitrogens with one attached hydrogen (secondary N) is 2. The van der Waals surface area contributed by atoms with E-state index in [-0.39, 0.29) is 0 Å². The van der Waals surface area contributed by atoms with Gasteiger partial charge < -0.3 is 10.6 Å². The van der Waals surface area contributed by atoms with Crippen molar-refractivity contribution in [2.75, 3.05) is 19.8 Å². The van der Waals surface area contributed by atoms with Gasteiger partial charge in [0.2, 0.25) is 0 Å². The molecule has 118 valence electrons. The molecule has 0 unspecified atom stereocenters. The van der Waals surface area contributed by atoms with Gasteiger partial charge in [0.05, 0.1) is 4.75 Å². The summed E-state index contributed by atoms with van der Waals surface area (Å²) in [6, 6.07) is 8.10. The average molecular weight is 311 g/mol. The molecule has 0 aromatic heterocycles. The van der Waals surface area contributed by atoms with Crippen molar-refractivity contribution in [3.05, 3.63) is 35.4 Å². The molecule has 0 amide bonds. The van der Waals surface area contributed by atoms with Crippen molar-refractivity contribution in [1.82, 2.24) is 10.6 Å². The van der Waals surface area contributed by atoms with Crippen LogP contribution in [0.15, 0.2) is 29.3 Å². The number of aryl methyl sites for hydroxylation is 1. The van der Waals surface area contributed by atoms with E-state index < -0.39 is 14.6 Å². The molecule has 0 fully saturated rings. The lowest BCUT2D eigenvalue weighted by Gasteiger charge is -2.24. The Morgan fingerprint density at radius 1 is 1.24 bits per heavy atom. The summed E-state index contributed by atoms with van der Waals surface area (Å²) in [5, 5.41) is 6.26. The maximum Gasteiger partial charge on any atom is 0.191 e. The highest BCUT2D eigenvalue weighted by Gasteiger charge is 2.30. The summed E-state index contributed by atoms with van der Waals surface area (Å²) in [6.45, 7) is 6.40. The van der Waals surface area contributed by atoms with E-state index in [9.17, 15) is 8.42 Å². The Labute approximate surface area is 127 Å². The summed E-state index contributed by atoms with van der Waals surface area (Å²) < 4.78 is 22.5. The summed E-state index contributed by atoms with van der Waals surface area (Å²) in [6.07, 6.45) is 1.25. The van der Waals surface area contributed by atoms with Gasteiger partial charge >= 0.3 is 0 Å². The van der Waals surface area contributed by atoms with Crippen LogP contribution in [0.4, 0.5) is 0 Å². The smallest absolute Gasteiger partial charge is 0.191 e. The topological polar surface area (TPSA) is 70.6 Å². The first-order chi connectivity index (χ1) is 9.67. The van der Waals surface area contributed by atoms with Crippen molar-refractivity contribution in [3.8, 4) is 0 Å². The van der Waals surface area contributed by atoms with Gasteiger partial charge in [-0.2, -0.15) is 0 Å². The average Bonchev–Trinajstić information content (AvgIpc) is 2.39. The van der Waals surface area contributed by atoms with Crippen LogP contribution < -0.4 is 10.6 Å². The van der Waals surface area contributed by atoms with Gasteiger partial charge in [-0.1, -0.05) is 24.3 Å². The Balaban J connectivity index is 2.60. The lowest BCUT2D eigenvalue weighted by Crippen LogP contribution is -2.47. The zero-order valence-electron chi connectivity index (χ0n) is 13.4. The van der Waals surface area contributed by atoms with Crippen LogP contribution in [0, 0.1) is 6.92 Å². The molecular formula is C15H25N3O2S. The second-order valence-corrected chi connectivity index (χ2v) is 8.39. The van der Waals surface area contributed by atoms with Gasteiger partial charge in [-0.15, -0.1) is 0 Å². The van der Waals surface area contributed by atoms with Crippen LogP contribution in [0.3, 0.4) is 0 Å². The van der Waals surface area contributed by atoms with E-state index in [2.05, 4.69) is 34.7 Å². The quantitative estimate of drug-likeness (QED) is 0.638. The van der Waals surface area contributed by atoms with Gasteiger partial charge in [-0.05, 0) is 31.9 Å². The third kappa shape index (κ3) is 5.04. The van der Waals surface area contributed by atoms with Gasteiger partial charge in [0.1, 0.15) is 0 Å². The van der Waals surface area contributed by atoms with E-state index in [1.165, 1.54) is 17.4 Å². The van der Waals surface area contributed by atoms with Crippen molar-refractivity contribution in [2.24, 2.45) is 4.99 Å². The van der Waals surface area contributed by atoms with E-state index in [0.29, 0.717) is 19.0 Å². The molecule has 0 saturated carbocycles. The van der Waals surface area contributed by atoms with Crippen molar-refractivity contribution in [1.29, 1.82) is 0 Å². The van der Waals surface area contributed by atoms with Gasteiger partial charge in [0.25, 0.3) is 0 Å². The SMILES string of the molecule is CN=C(NCc1ccccc1C)NCC(C)(C)S(C)(=O)=O. The van der Waals surface area contributed by atoms with Crippen LogP contribution in [-0.2, 0) is 16.4 Å². The largest absolute Gasteiger partial charge is 0.355 e. The third-order valence-electron chi connectivity index (χ3n) is 3.62. The molecule has 0 heterocycles. The standard InChI is InChI=1S/C15H25N3O2S/c1-12-8-6-7-9-13(12)10-17-14(16-4)18-11-15(2,3)21(5,19)20/h6-9H,10-11H2,1-5H3,(H2,16,17,18). The maximum absolute atomic E-state index is 11.7. The Bertz CT molecular complexity index is 607. The van der Waals surface area contributed by atoms with Crippen LogP contribution in [-0.4, -0.2) is 39.0 Å². The fraction of sp³-hybridized carbons (Fsp3) is 0.533. The molecule has 1 aromatic carbocycles. The lowest BCUT2D eigenvalue weighted by atomic mass is 10.1. The second kappa shape index (κ2) is 6.93. The molecule has 21 heavy (non-hydrogen) atoms. The lowest BCUT2D eigenvalue weighted by molar-refractivity contribution is 0.544. The van der Waals surface area contributed by atoms with E-state index in [0.717, 1.165) is 0 Å². The number of benzene rings is 1. The number of hydrogen-bond donors (Lipinski definition) is 2. The van der Waals surface area contributed by atoms with Crippen molar-refractivity contribution < 1.29 is 8.42 Å². The molecular weight excluding hydrogens is 286 g/mol. The summed E-state index contributed by atoms with van der Waals surface area (Å²) in [7, 11) is -1.46. The first-order valence-electron chi connectivity index (χ1n) is 6.86. The molecule has 1 rings (SSSR count). The van der Waals surface area contributed by atoms with E-state index >= 15 is 0 Å². The number of hydrogen-bond acceptors (Lipinski definition) is 3. The first-order valence-corrected chi connectivity index (χ1v) is 8.75. The van der Waals surface area contributed by atoms with Crippen molar-refractivity contribution >= 4 is 15.8 Å². The number of nitrogens with zero attached hydrogens (tertiary/aromatic N) is 1. The summed E-state index contributed by atoms with van der Waals surface area (Å²) >= 11 is 0. The molecule has 0 radical (unpaired) electrons. The number of guanidine groups is 1. The van der Waals surface area contributed by atoms with Crippen molar-refractivity contribution in [3.63, 3.8) is 0 Å². The van der Waals surface area contributed by atoms with E-state index in [1.54, 1.807) is 20.9 Å². The van der Waals surface area contributed by atoms with Crippen LogP contribution in [0.25, 0.3) is 0 Å². The van der Waals surface area contributed by atoms with Crippen LogP contribution in [0.5, 0.6) is 0 Å². The second-order valence-electron chi connectivity index (χ2n) is 5.74. The normalized spacial score (nSPS) is 13.1. The predicted molar refractivity (Wildman–Crippen MR) is 88.3 cm³/mol. The molecule has 2 N–H and O–H groups in total. The zero-order valence-corrected chi connectivity index (χ0v) is 14.2. The van der Waals surface area contributed by atoms with Crippen molar-refractivity contribution in [2.45, 2.75) is 32.1 Å².